The Morgan fingerprint density at radius 1 is 1.05 bits per heavy atom. The van der Waals surface area contributed by atoms with Gasteiger partial charge in [-0.1, -0.05) is 62.1 Å². The lowest BCUT2D eigenvalue weighted by Crippen LogP contribution is -2.04. The summed E-state index contributed by atoms with van der Waals surface area (Å²) in [5.74, 6) is 1.10. The first-order chi connectivity index (χ1) is 9.75. The third kappa shape index (κ3) is 2.63. The lowest BCUT2D eigenvalue weighted by atomic mass is 9.93. The second-order valence-corrected chi connectivity index (χ2v) is 6.09. The molecule has 3 rings (SSSR count). The minimum atomic E-state index is 0.313. The minimum Gasteiger partial charge on any atom is -0.294 e. The number of carbonyl (C=O) groups excluding carboxylic acids is 1. The summed E-state index contributed by atoms with van der Waals surface area (Å²) in [6.07, 6.45) is 7.13. The van der Waals surface area contributed by atoms with Gasteiger partial charge in [0.25, 0.3) is 0 Å². The third-order valence-corrected chi connectivity index (χ3v) is 4.70. The highest BCUT2D eigenvalue weighted by atomic mass is 16.1. The smallest absolute Gasteiger partial charge is 0.163 e. The van der Waals surface area contributed by atoms with Gasteiger partial charge in [-0.05, 0) is 35.6 Å². The largest absolute Gasteiger partial charge is 0.294 e. The van der Waals surface area contributed by atoms with Crippen LogP contribution in [0.15, 0.2) is 36.4 Å². The molecule has 1 aliphatic rings. The van der Waals surface area contributed by atoms with Gasteiger partial charge in [0.05, 0.1) is 0 Å². The summed E-state index contributed by atoms with van der Waals surface area (Å²) in [5.41, 5.74) is 2.15. The number of benzene rings is 2. The Kier molecular flexibility index (Phi) is 3.86. The summed E-state index contributed by atoms with van der Waals surface area (Å²) in [4.78, 5) is 12.5. The summed E-state index contributed by atoms with van der Waals surface area (Å²) >= 11 is 0. The van der Waals surface area contributed by atoms with Crippen molar-refractivity contribution in [2.75, 3.05) is 0 Å². The molecule has 0 bridgehead atoms. The molecule has 0 unspecified atom stereocenters. The number of ketones is 1. The van der Waals surface area contributed by atoms with E-state index in [0.29, 0.717) is 12.2 Å². The van der Waals surface area contributed by atoms with E-state index in [2.05, 4.69) is 25.1 Å². The van der Waals surface area contributed by atoms with E-state index in [-0.39, 0.29) is 0 Å². The van der Waals surface area contributed by atoms with Crippen molar-refractivity contribution in [3.63, 3.8) is 0 Å². The van der Waals surface area contributed by atoms with E-state index in [0.717, 1.165) is 23.3 Å². The molecule has 0 radical (unpaired) electrons. The number of rotatable bonds is 4. The van der Waals surface area contributed by atoms with Gasteiger partial charge < -0.3 is 0 Å². The molecule has 20 heavy (non-hydrogen) atoms. The molecule has 1 aliphatic carbocycles. The second kappa shape index (κ2) is 5.78. The highest BCUT2D eigenvalue weighted by molar-refractivity contribution is 6.08. The zero-order chi connectivity index (χ0) is 13.9. The van der Waals surface area contributed by atoms with Crippen molar-refractivity contribution in [1.29, 1.82) is 0 Å². The number of fused-ring (bicyclic) bond motifs is 1. The van der Waals surface area contributed by atoms with E-state index in [1.165, 1.54) is 36.6 Å². The molecule has 2 aromatic carbocycles. The minimum absolute atomic E-state index is 0.313. The molecule has 1 saturated carbocycles. The molecule has 0 spiro atoms. The standard InChI is InChI=1S/C19H22O/c1-14-10-12-18(17-9-5-4-8-16(14)17)19(20)13-11-15-6-2-3-7-15/h4-5,8-10,12,15H,2-3,6-7,11,13H2,1H3. The summed E-state index contributed by atoms with van der Waals surface area (Å²) < 4.78 is 0. The molecule has 0 saturated heterocycles. The van der Waals surface area contributed by atoms with Crippen LogP contribution in [0, 0.1) is 12.8 Å². The fraction of sp³-hybridized carbons (Fsp3) is 0.421. The summed E-state index contributed by atoms with van der Waals surface area (Å²) in [6.45, 7) is 2.11. The molecule has 0 aromatic heterocycles. The molecule has 1 fully saturated rings. The molecular weight excluding hydrogens is 244 g/mol. The van der Waals surface area contributed by atoms with Crippen LogP contribution in [0.4, 0.5) is 0 Å². The Bertz CT molecular complexity index is 621. The summed E-state index contributed by atoms with van der Waals surface area (Å²) in [6, 6.07) is 12.3. The lowest BCUT2D eigenvalue weighted by Gasteiger charge is -2.10. The Labute approximate surface area is 121 Å². The maximum atomic E-state index is 12.5. The van der Waals surface area contributed by atoms with Crippen LogP contribution >= 0.6 is 0 Å². The van der Waals surface area contributed by atoms with Crippen LogP contribution in [0.25, 0.3) is 10.8 Å². The molecular formula is C19H22O. The fourth-order valence-electron chi connectivity index (χ4n) is 3.46. The quantitative estimate of drug-likeness (QED) is 0.686. The monoisotopic (exact) mass is 266 g/mol. The summed E-state index contributed by atoms with van der Waals surface area (Å²) in [7, 11) is 0. The van der Waals surface area contributed by atoms with Crippen molar-refractivity contribution in [2.45, 2.75) is 45.4 Å². The Morgan fingerprint density at radius 2 is 1.75 bits per heavy atom. The van der Waals surface area contributed by atoms with E-state index in [1.54, 1.807) is 0 Å². The lowest BCUT2D eigenvalue weighted by molar-refractivity contribution is 0.0975. The molecule has 104 valence electrons. The van der Waals surface area contributed by atoms with Gasteiger partial charge in [0.2, 0.25) is 0 Å². The first kappa shape index (κ1) is 13.4. The molecule has 0 amide bonds. The highest BCUT2D eigenvalue weighted by Gasteiger charge is 2.17. The number of carbonyl (C=O) groups is 1. The van der Waals surface area contributed by atoms with Gasteiger partial charge in [0.1, 0.15) is 0 Å². The zero-order valence-corrected chi connectivity index (χ0v) is 12.2. The average Bonchev–Trinajstić information content (AvgIpc) is 2.99. The van der Waals surface area contributed by atoms with Gasteiger partial charge in [0, 0.05) is 12.0 Å². The topological polar surface area (TPSA) is 17.1 Å². The molecule has 0 aliphatic heterocycles. The molecule has 0 heterocycles. The summed E-state index contributed by atoms with van der Waals surface area (Å²) in [5, 5.41) is 2.32. The van der Waals surface area contributed by atoms with Crippen molar-refractivity contribution in [3.8, 4) is 0 Å². The van der Waals surface area contributed by atoms with Gasteiger partial charge >= 0.3 is 0 Å². The number of Topliss-reactive ketones (excluding diaryl/α,β-unsaturated/α-hetero) is 1. The SMILES string of the molecule is Cc1ccc(C(=O)CCC2CCCC2)c2ccccc12. The van der Waals surface area contributed by atoms with Crippen LogP contribution in [0.3, 0.4) is 0 Å². The van der Waals surface area contributed by atoms with Gasteiger partial charge in [-0.3, -0.25) is 4.79 Å². The van der Waals surface area contributed by atoms with Crippen molar-refractivity contribution >= 4 is 16.6 Å². The van der Waals surface area contributed by atoms with Crippen LogP contribution in [0.2, 0.25) is 0 Å². The second-order valence-electron chi connectivity index (χ2n) is 6.09. The fourth-order valence-corrected chi connectivity index (χ4v) is 3.46. The normalized spacial score (nSPS) is 15.8. The third-order valence-electron chi connectivity index (χ3n) is 4.70. The van der Waals surface area contributed by atoms with E-state index < -0.39 is 0 Å². The number of aryl methyl sites for hydroxylation is 1. The predicted octanol–water partition coefficient (Wildman–Crippen LogP) is 5.30. The molecule has 0 atom stereocenters. The van der Waals surface area contributed by atoms with Crippen molar-refractivity contribution in [1.82, 2.24) is 0 Å². The first-order valence-electron chi connectivity index (χ1n) is 7.77. The van der Waals surface area contributed by atoms with Crippen molar-refractivity contribution in [2.24, 2.45) is 5.92 Å². The molecule has 0 N–H and O–H groups in total. The molecule has 1 heteroatoms. The highest BCUT2D eigenvalue weighted by Crippen LogP contribution is 2.30. The molecule has 1 nitrogen and oxygen atoms in total. The maximum Gasteiger partial charge on any atom is 0.163 e. The van der Waals surface area contributed by atoms with Crippen molar-refractivity contribution < 1.29 is 4.79 Å². The van der Waals surface area contributed by atoms with Crippen LogP contribution in [0.5, 0.6) is 0 Å². The van der Waals surface area contributed by atoms with E-state index in [1.807, 2.05) is 18.2 Å². The Morgan fingerprint density at radius 3 is 2.50 bits per heavy atom. The zero-order valence-electron chi connectivity index (χ0n) is 12.2. The number of hydrogen-bond donors (Lipinski definition) is 0. The Hall–Kier alpha value is -1.63. The van der Waals surface area contributed by atoms with Crippen LogP contribution in [-0.4, -0.2) is 5.78 Å². The van der Waals surface area contributed by atoms with Gasteiger partial charge in [-0.25, -0.2) is 0 Å². The van der Waals surface area contributed by atoms with Crippen molar-refractivity contribution in [3.05, 3.63) is 47.5 Å². The van der Waals surface area contributed by atoms with E-state index in [4.69, 9.17) is 0 Å². The predicted molar refractivity (Wildman–Crippen MR) is 84.2 cm³/mol. The van der Waals surface area contributed by atoms with E-state index >= 15 is 0 Å². The van der Waals surface area contributed by atoms with Crippen LogP contribution < -0.4 is 0 Å². The molecule has 2 aromatic rings. The van der Waals surface area contributed by atoms with E-state index in [9.17, 15) is 4.79 Å². The average molecular weight is 266 g/mol. The van der Waals surface area contributed by atoms with Gasteiger partial charge in [-0.2, -0.15) is 0 Å². The van der Waals surface area contributed by atoms with Gasteiger partial charge in [0.15, 0.2) is 5.78 Å². The first-order valence-corrected chi connectivity index (χ1v) is 7.77. The maximum absolute atomic E-state index is 12.5. The number of hydrogen-bond acceptors (Lipinski definition) is 1. The van der Waals surface area contributed by atoms with Crippen LogP contribution in [-0.2, 0) is 0 Å². The van der Waals surface area contributed by atoms with Crippen LogP contribution in [0.1, 0.15) is 54.4 Å². The van der Waals surface area contributed by atoms with Gasteiger partial charge in [-0.15, -0.1) is 0 Å². The Balaban J connectivity index is 1.82.